The molecule has 0 aromatic rings. The maximum absolute atomic E-state index is 11.8. The van der Waals surface area contributed by atoms with E-state index in [1.54, 1.807) is 0 Å². The number of amides is 2. The zero-order chi connectivity index (χ0) is 12.3. The highest BCUT2D eigenvalue weighted by Gasteiger charge is 2.29. The van der Waals surface area contributed by atoms with Crippen molar-refractivity contribution in [3.05, 3.63) is 0 Å². The van der Waals surface area contributed by atoms with Crippen molar-refractivity contribution in [1.29, 1.82) is 0 Å². The molecule has 1 aliphatic heterocycles. The third-order valence-electron chi connectivity index (χ3n) is 3.81. The second-order valence-electron chi connectivity index (χ2n) is 6.14. The normalized spacial score (nSPS) is 32.1. The lowest BCUT2D eigenvalue weighted by Crippen LogP contribution is -2.48. The second kappa shape index (κ2) is 5.25. The number of carbonyl (C=O) groups excluding carboxylic acids is 1. The van der Waals surface area contributed by atoms with Gasteiger partial charge in [-0.2, -0.15) is 0 Å². The molecule has 2 atom stereocenters. The topological polar surface area (TPSA) is 50.4 Å². The van der Waals surface area contributed by atoms with E-state index in [-0.39, 0.29) is 12.1 Å². The Labute approximate surface area is 103 Å². The SMILES string of the molecule is CC1(C)CCCC(NC(=O)NC2CCOC2)C1. The van der Waals surface area contributed by atoms with E-state index in [1.807, 2.05) is 0 Å². The summed E-state index contributed by atoms with van der Waals surface area (Å²) >= 11 is 0. The Morgan fingerprint density at radius 1 is 1.24 bits per heavy atom. The molecule has 0 aromatic carbocycles. The Hall–Kier alpha value is -0.770. The first-order valence-corrected chi connectivity index (χ1v) is 6.70. The second-order valence-corrected chi connectivity index (χ2v) is 6.14. The standard InChI is InChI=1S/C13H24N2O2/c1-13(2)6-3-4-10(8-13)14-12(16)15-11-5-7-17-9-11/h10-11H,3-9H2,1-2H3,(H2,14,15,16). The van der Waals surface area contributed by atoms with E-state index >= 15 is 0 Å². The first-order chi connectivity index (χ1) is 8.05. The van der Waals surface area contributed by atoms with Crippen molar-refractivity contribution in [3.8, 4) is 0 Å². The molecule has 2 fully saturated rings. The minimum atomic E-state index is -0.0248. The molecule has 98 valence electrons. The van der Waals surface area contributed by atoms with Crippen LogP contribution < -0.4 is 10.6 Å². The number of urea groups is 1. The molecule has 4 heteroatoms. The van der Waals surface area contributed by atoms with Gasteiger partial charge in [-0.05, 0) is 31.1 Å². The van der Waals surface area contributed by atoms with Crippen molar-refractivity contribution in [2.24, 2.45) is 5.41 Å². The Bertz CT molecular complexity index is 273. The lowest BCUT2D eigenvalue weighted by atomic mass is 9.75. The highest BCUT2D eigenvalue weighted by molar-refractivity contribution is 5.74. The van der Waals surface area contributed by atoms with E-state index in [9.17, 15) is 4.79 Å². The summed E-state index contributed by atoms with van der Waals surface area (Å²) in [6.07, 6.45) is 5.61. The van der Waals surface area contributed by atoms with Gasteiger partial charge in [0.1, 0.15) is 0 Å². The van der Waals surface area contributed by atoms with Gasteiger partial charge in [0.05, 0.1) is 12.6 Å². The molecule has 17 heavy (non-hydrogen) atoms. The number of hydrogen-bond acceptors (Lipinski definition) is 2. The van der Waals surface area contributed by atoms with Crippen LogP contribution in [0.4, 0.5) is 4.79 Å². The van der Waals surface area contributed by atoms with Gasteiger partial charge >= 0.3 is 6.03 Å². The summed E-state index contributed by atoms with van der Waals surface area (Å²) in [5.74, 6) is 0. The van der Waals surface area contributed by atoms with Gasteiger partial charge in [0.2, 0.25) is 0 Å². The largest absolute Gasteiger partial charge is 0.379 e. The molecule has 2 unspecified atom stereocenters. The molecule has 2 rings (SSSR count). The molecule has 1 saturated heterocycles. The Morgan fingerprint density at radius 2 is 2.00 bits per heavy atom. The third-order valence-corrected chi connectivity index (χ3v) is 3.81. The molecular weight excluding hydrogens is 216 g/mol. The van der Waals surface area contributed by atoms with Crippen LogP contribution >= 0.6 is 0 Å². The van der Waals surface area contributed by atoms with Crippen LogP contribution in [-0.4, -0.2) is 31.3 Å². The molecule has 4 nitrogen and oxygen atoms in total. The molecule has 2 amide bonds. The number of carbonyl (C=O) groups is 1. The molecule has 2 aliphatic rings. The number of nitrogens with one attached hydrogen (secondary N) is 2. The predicted octanol–water partition coefficient (Wildman–Crippen LogP) is 2.04. The van der Waals surface area contributed by atoms with E-state index < -0.39 is 0 Å². The molecule has 0 bridgehead atoms. The molecule has 0 spiro atoms. The number of hydrogen-bond donors (Lipinski definition) is 2. The fraction of sp³-hybridized carbons (Fsp3) is 0.923. The van der Waals surface area contributed by atoms with Crippen molar-refractivity contribution in [1.82, 2.24) is 10.6 Å². The summed E-state index contributed by atoms with van der Waals surface area (Å²) in [6.45, 7) is 5.98. The van der Waals surface area contributed by atoms with E-state index in [0.717, 1.165) is 25.9 Å². The fourth-order valence-electron chi connectivity index (χ4n) is 2.88. The van der Waals surface area contributed by atoms with Crippen LogP contribution in [0.15, 0.2) is 0 Å². The highest BCUT2D eigenvalue weighted by Crippen LogP contribution is 2.34. The minimum Gasteiger partial charge on any atom is -0.379 e. The van der Waals surface area contributed by atoms with Gasteiger partial charge in [-0.1, -0.05) is 20.3 Å². The summed E-state index contributed by atoms with van der Waals surface area (Å²) in [5.41, 5.74) is 0.368. The van der Waals surface area contributed by atoms with Crippen LogP contribution in [0.3, 0.4) is 0 Å². The van der Waals surface area contributed by atoms with Crippen molar-refractivity contribution in [3.63, 3.8) is 0 Å². The first kappa shape index (κ1) is 12.7. The van der Waals surface area contributed by atoms with Crippen LogP contribution in [0.5, 0.6) is 0 Å². The molecule has 0 radical (unpaired) electrons. The zero-order valence-electron chi connectivity index (χ0n) is 10.9. The Kier molecular flexibility index (Phi) is 3.92. The van der Waals surface area contributed by atoms with Gasteiger partial charge in [0.25, 0.3) is 0 Å². The summed E-state index contributed by atoms with van der Waals surface area (Å²) < 4.78 is 5.24. The van der Waals surface area contributed by atoms with Gasteiger partial charge in [-0.25, -0.2) is 4.79 Å². The molecule has 1 saturated carbocycles. The molecule has 1 aliphatic carbocycles. The van der Waals surface area contributed by atoms with Crippen LogP contribution in [-0.2, 0) is 4.74 Å². The maximum Gasteiger partial charge on any atom is 0.315 e. The van der Waals surface area contributed by atoms with E-state index in [1.165, 1.54) is 12.8 Å². The average molecular weight is 240 g/mol. The van der Waals surface area contributed by atoms with Gasteiger partial charge in [-0.15, -0.1) is 0 Å². The van der Waals surface area contributed by atoms with Crippen molar-refractivity contribution >= 4 is 6.03 Å². The quantitative estimate of drug-likeness (QED) is 0.776. The lowest BCUT2D eigenvalue weighted by Gasteiger charge is -2.35. The third kappa shape index (κ3) is 3.87. The highest BCUT2D eigenvalue weighted by atomic mass is 16.5. The zero-order valence-corrected chi connectivity index (χ0v) is 10.9. The summed E-state index contributed by atoms with van der Waals surface area (Å²) in [6, 6.07) is 0.510. The van der Waals surface area contributed by atoms with Crippen LogP contribution in [0, 0.1) is 5.41 Å². The summed E-state index contributed by atoms with van der Waals surface area (Å²) in [7, 11) is 0. The number of rotatable bonds is 2. The fourth-order valence-corrected chi connectivity index (χ4v) is 2.88. The van der Waals surface area contributed by atoms with E-state index in [0.29, 0.717) is 18.1 Å². The van der Waals surface area contributed by atoms with Gasteiger partial charge in [0, 0.05) is 12.6 Å². The lowest BCUT2D eigenvalue weighted by molar-refractivity contribution is 0.181. The first-order valence-electron chi connectivity index (χ1n) is 6.70. The minimum absolute atomic E-state index is 0.0248. The number of ether oxygens (including phenoxy) is 1. The summed E-state index contributed by atoms with van der Waals surface area (Å²) in [4.78, 5) is 11.8. The average Bonchev–Trinajstić information content (AvgIpc) is 2.68. The summed E-state index contributed by atoms with van der Waals surface area (Å²) in [5, 5.41) is 6.07. The monoisotopic (exact) mass is 240 g/mol. The van der Waals surface area contributed by atoms with Crippen molar-refractivity contribution in [2.45, 2.75) is 58.0 Å². The molecule has 2 N–H and O–H groups in total. The van der Waals surface area contributed by atoms with E-state index in [2.05, 4.69) is 24.5 Å². The Morgan fingerprint density at radius 3 is 2.65 bits per heavy atom. The molecule has 1 heterocycles. The van der Waals surface area contributed by atoms with Crippen LogP contribution in [0.1, 0.15) is 46.0 Å². The molecular formula is C13H24N2O2. The van der Waals surface area contributed by atoms with Crippen molar-refractivity contribution < 1.29 is 9.53 Å². The van der Waals surface area contributed by atoms with Gasteiger partial charge in [0.15, 0.2) is 0 Å². The Balaban J connectivity index is 1.74. The van der Waals surface area contributed by atoms with Gasteiger partial charge < -0.3 is 15.4 Å². The van der Waals surface area contributed by atoms with Crippen LogP contribution in [0.2, 0.25) is 0 Å². The smallest absolute Gasteiger partial charge is 0.315 e. The van der Waals surface area contributed by atoms with E-state index in [4.69, 9.17) is 4.74 Å². The van der Waals surface area contributed by atoms with Gasteiger partial charge in [-0.3, -0.25) is 0 Å². The predicted molar refractivity (Wildman–Crippen MR) is 66.9 cm³/mol. The van der Waals surface area contributed by atoms with Crippen LogP contribution in [0.25, 0.3) is 0 Å². The molecule has 0 aromatic heterocycles. The van der Waals surface area contributed by atoms with Crippen molar-refractivity contribution in [2.75, 3.05) is 13.2 Å². The maximum atomic E-state index is 11.8.